The molecule has 0 aliphatic carbocycles. The number of carboxylic acid groups (broad SMARTS) is 1. The Bertz CT molecular complexity index is 389. The maximum atomic E-state index is 11.0. The molecule has 0 fully saturated rings. The minimum absolute atomic E-state index is 0.104. The van der Waals surface area contributed by atoms with E-state index >= 15 is 0 Å². The number of hydrogen-bond donors (Lipinski definition) is 2. The van der Waals surface area contributed by atoms with E-state index in [-0.39, 0.29) is 11.8 Å². The molecule has 16 heavy (non-hydrogen) atoms. The maximum absolute atomic E-state index is 11.0. The van der Waals surface area contributed by atoms with Crippen molar-refractivity contribution in [1.29, 1.82) is 0 Å². The number of carbonyl (C=O) groups is 2. The third-order valence-corrected chi connectivity index (χ3v) is 2.43. The van der Waals surface area contributed by atoms with Gasteiger partial charge in [0, 0.05) is 5.69 Å². The zero-order valence-electron chi connectivity index (χ0n) is 8.74. The molecule has 0 saturated heterocycles. The largest absolute Gasteiger partial charge is 0.481 e. The van der Waals surface area contributed by atoms with Crippen molar-refractivity contribution < 1.29 is 14.7 Å². The Morgan fingerprint density at radius 3 is 2.38 bits per heavy atom. The van der Waals surface area contributed by atoms with E-state index in [4.69, 9.17) is 16.7 Å². The van der Waals surface area contributed by atoms with Crippen LogP contribution < -0.4 is 5.32 Å². The lowest BCUT2D eigenvalue weighted by Gasteiger charge is -2.08. The van der Waals surface area contributed by atoms with Crippen LogP contribution in [0, 0.1) is 0 Å². The number of rotatable bonds is 4. The van der Waals surface area contributed by atoms with Crippen molar-refractivity contribution in [3.63, 3.8) is 0 Å². The van der Waals surface area contributed by atoms with E-state index in [1.54, 1.807) is 31.2 Å². The molecule has 86 valence electrons. The van der Waals surface area contributed by atoms with Crippen LogP contribution in [-0.2, 0) is 9.59 Å². The van der Waals surface area contributed by atoms with Gasteiger partial charge in [-0.3, -0.25) is 9.59 Å². The molecule has 4 nitrogen and oxygen atoms in total. The van der Waals surface area contributed by atoms with E-state index in [0.717, 1.165) is 0 Å². The molecule has 0 spiro atoms. The molecule has 1 aromatic rings. The number of carbonyl (C=O) groups excluding carboxylic acids is 1. The molecular weight excluding hydrogens is 230 g/mol. The lowest BCUT2D eigenvalue weighted by Crippen LogP contribution is -2.12. The van der Waals surface area contributed by atoms with Gasteiger partial charge in [0.15, 0.2) is 0 Å². The maximum Gasteiger partial charge on any atom is 0.310 e. The number of benzene rings is 1. The van der Waals surface area contributed by atoms with Gasteiger partial charge in [-0.15, -0.1) is 11.6 Å². The monoisotopic (exact) mass is 241 g/mol. The number of halogens is 1. The predicted molar refractivity (Wildman–Crippen MR) is 61.8 cm³/mol. The Kier molecular flexibility index (Phi) is 4.31. The molecule has 0 saturated carbocycles. The van der Waals surface area contributed by atoms with Gasteiger partial charge in [0.2, 0.25) is 5.91 Å². The van der Waals surface area contributed by atoms with Crippen molar-refractivity contribution in [3.05, 3.63) is 29.8 Å². The van der Waals surface area contributed by atoms with Gasteiger partial charge < -0.3 is 10.4 Å². The lowest BCUT2D eigenvalue weighted by molar-refractivity contribution is -0.138. The third kappa shape index (κ3) is 3.24. The van der Waals surface area contributed by atoms with E-state index in [1.807, 2.05) is 0 Å². The molecule has 0 aromatic heterocycles. The third-order valence-electron chi connectivity index (χ3n) is 2.19. The second-order valence-corrected chi connectivity index (χ2v) is 3.63. The van der Waals surface area contributed by atoms with Gasteiger partial charge in [-0.05, 0) is 24.6 Å². The van der Waals surface area contributed by atoms with Gasteiger partial charge in [0.25, 0.3) is 0 Å². The minimum Gasteiger partial charge on any atom is -0.481 e. The molecule has 0 heterocycles. The molecule has 0 aliphatic rings. The van der Waals surface area contributed by atoms with Crippen molar-refractivity contribution in [2.24, 2.45) is 0 Å². The Morgan fingerprint density at radius 2 is 1.94 bits per heavy atom. The Balaban J connectivity index is 2.75. The van der Waals surface area contributed by atoms with Crippen LogP contribution in [0.2, 0.25) is 0 Å². The summed E-state index contributed by atoms with van der Waals surface area (Å²) in [6, 6.07) is 6.64. The van der Waals surface area contributed by atoms with E-state index in [9.17, 15) is 9.59 Å². The summed E-state index contributed by atoms with van der Waals surface area (Å²) in [5.41, 5.74) is 1.29. The lowest BCUT2D eigenvalue weighted by atomic mass is 10.0. The summed E-state index contributed by atoms with van der Waals surface area (Å²) in [6.07, 6.45) is 0. The Morgan fingerprint density at radius 1 is 1.38 bits per heavy atom. The summed E-state index contributed by atoms with van der Waals surface area (Å²) < 4.78 is 0. The standard InChI is InChI=1S/C11H12ClNO3/c1-7(11(15)16)8-2-4-9(5-3-8)13-10(14)6-12/h2-5,7H,6H2,1H3,(H,13,14)(H,15,16). The van der Waals surface area contributed by atoms with Gasteiger partial charge >= 0.3 is 5.97 Å². The Labute approximate surface area is 98.2 Å². The van der Waals surface area contributed by atoms with Crippen LogP contribution in [0.4, 0.5) is 5.69 Å². The summed E-state index contributed by atoms with van der Waals surface area (Å²) in [6.45, 7) is 1.61. The van der Waals surface area contributed by atoms with Crippen LogP contribution in [-0.4, -0.2) is 22.9 Å². The van der Waals surface area contributed by atoms with Crippen molar-refractivity contribution in [1.82, 2.24) is 0 Å². The van der Waals surface area contributed by atoms with Gasteiger partial charge in [0.05, 0.1) is 5.92 Å². The van der Waals surface area contributed by atoms with Crippen LogP contribution in [0.3, 0.4) is 0 Å². The van der Waals surface area contributed by atoms with Crippen LogP contribution in [0.5, 0.6) is 0 Å². The normalized spacial score (nSPS) is 11.9. The second kappa shape index (κ2) is 5.51. The van der Waals surface area contributed by atoms with Crippen LogP contribution in [0.25, 0.3) is 0 Å². The molecule has 1 aromatic carbocycles. The number of amides is 1. The average molecular weight is 242 g/mol. The first-order valence-electron chi connectivity index (χ1n) is 4.73. The number of aliphatic carboxylic acids is 1. The highest BCUT2D eigenvalue weighted by molar-refractivity contribution is 6.29. The second-order valence-electron chi connectivity index (χ2n) is 3.36. The number of hydrogen-bond acceptors (Lipinski definition) is 2. The van der Waals surface area contributed by atoms with Crippen molar-refractivity contribution in [2.75, 3.05) is 11.2 Å². The highest BCUT2D eigenvalue weighted by Crippen LogP contribution is 2.18. The molecule has 1 rings (SSSR count). The summed E-state index contributed by atoms with van der Waals surface area (Å²) in [4.78, 5) is 21.7. The predicted octanol–water partition coefficient (Wildman–Crippen LogP) is 2.05. The first-order valence-corrected chi connectivity index (χ1v) is 5.26. The van der Waals surface area contributed by atoms with Crippen LogP contribution >= 0.6 is 11.6 Å². The van der Waals surface area contributed by atoms with Gasteiger partial charge in [-0.1, -0.05) is 12.1 Å². The van der Waals surface area contributed by atoms with E-state index in [2.05, 4.69) is 5.32 Å². The Hall–Kier alpha value is -1.55. The topological polar surface area (TPSA) is 66.4 Å². The number of carboxylic acids is 1. The molecule has 1 amide bonds. The number of anilines is 1. The summed E-state index contributed by atoms with van der Waals surface area (Å²) in [5.74, 6) is -1.83. The van der Waals surface area contributed by atoms with Crippen molar-refractivity contribution in [3.8, 4) is 0 Å². The number of alkyl halides is 1. The molecule has 1 unspecified atom stereocenters. The molecule has 2 N–H and O–H groups in total. The van der Waals surface area contributed by atoms with Crippen molar-refractivity contribution >= 4 is 29.2 Å². The fourth-order valence-corrected chi connectivity index (χ4v) is 1.26. The fraction of sp³-hybridized carbons (Fsp3) is 0.273. The summed E-state index contributed by atoms with van der Waals surface area (Å²) in [5, 5.41) is 11.4. The van der Waals surface area contributed by atoms with E-state index in [0.29, 0.717) is 11.3 Å². The molecule has 5 heteroatoms. The zero-order chi connectivity index (χ0) is 12.1. The summed E-state index contributed by atoms with van der Waals surface area (Å²) >= 11 is 5.34. The van der Waals surface area contributed by atoms with Crippen LogP contribution in [0.15, 0.2) is 24.3 Å². The van der Waals surface area contributed by atoms with Crippen LogP contribution in [0.1, 0.15) is 18.4 Å². The van der Waals surface area contributed by atoms with Gasteiger partial charge in [0.1, 0.15) is 5.88 Å². The highest BCUT2D eigenvalue weighted by Gasteiger charge is 2.13. The summed E-state index contributed by atoms with van der Waals surface area (Å²) in [7, 11) is 0. The first kappa shape index (κ1) is 12.5. The smallest absolute Gasteiger partial charge is 0.310 e. The minimum atomic E-state index is -0.877. The highest BCUT2D eigenvalue weighted by atomic mass is 35.5. The number of nitrogens with one attached hydrogen (secondary N) is 1. The quantitative estimate of drug-likeness (QED) is 0.793. The SMILES string of the molecule is CC(C(=O)O)c1ccc(NC(=O)CCl)cc1. The first-order chi connectivity index (χ1) is 7.54. The molecule has 1 atom stereocenters. The molecular formula is C11H12ClNO3. The van der Waals surface area contributed by atoms with E-state index < -0.39 is 11.9 Å². The molecule has 0 bridgehead atoms. The zero-order valence-corrected chi connectivity index (χ0v) is 9.49. The molecule has 0 radical (unpaired) electrons. The van der Waals surface area contributed by atoms with E-state index in [1.165, 1.54) is 0 Å². The molecule has 0 aliphatic heterocycles. The average Bonchev–Trinajstić information content (AvgIpc) is 2.28. The fourth-order valence-electron chi connectivity index (χ4n) is 1.19. The van der Waals surface area contributed by atoms with Gasteiger partial charge in [-0.2, -0.15) is 0 Å². The van der Waals surface area contributed by atoms with Crippen molar-refractivity contribution in [2.45, 2.75) is 12.8 Å². The van der Waals surface area contributed by atoms with Gasteiger partial charge in [-0.25, -0.2) is 0 Å².